The highest BCUT2D eigenvalue weighted by Gasteiger charge is 1.81. The van der Waals surface area contributed by atoms with Crippen molar-refractivity contribution >= 4 is 17.8 Å². The summed E-state index contributed by atoms with van der Waals surface area (Å²) in [5.41, 5.74) is 12.2. The summed E-state index contributed by atoms with van der Waals surface area (Å²) in [6.07, 6.45) is 0. The molecule has 0 radical (unpaired) electrons. The lowest BCUT2D eigenvalue weighted by molar-refractivity contribution is -0.122. The Hall–Kier alpha value is -1.71. The SMILES string of the molecule is Nc1cccc(N)c1.O=CO. The number of anilines is 2. The molecule has 0 spiro atoms. The number of carbonyl (C=O) groups is 1. The maximum atomic E-state index is 8.36. The van der Waals surface area contributed by atoms with Crippen LogP contribution in [-0.4, -0.2) is 11.6 Å². The Balaban J connectivity index is 0.000000292. The fraction of sp³-hybridized carbons (Fsp3) is 0. The van der Waals surface area contributed by atoms with Gasteiger partial charge >= 0.3 is 0 Å². The number of nitrogens with two attached hydrogens (primary N) is 2. The van der Waals surface area contributed by atoms with Crippen molar-refractivity contribution in [2.24, 2.45) is 0 Å². The molecule has 60 valence electrons. The minimum atomic E-state index is -0.250. The molecule has 1 aromatic rings. The Kier molecular flexibility index (Phi) is 4.31. The van der Waals surface area contributed by atoms with E-state index in [-0.39, 0.29) is 6.47 Å². The van der Waals surface area contributed by atoms with Gasteiger partial charge in [-0.1, -0.05) is 6.07 Å². The van der Waals surface area contributed by atoms with Crippen LogP contribution in [-0.2, 0) is 4.79 Å². The molecule has 1 aromatic carbocycles. The Labute approximate surface area is 64.4 Å². The summed E-state index contributed by atoms with van der Waals surface area (Å²) in [4.78, 5) is 8.36. The molecule has 0 fully saturated rings. The number of carboxylic acid groups (broad SMARTS) is 1. The molecule has 0 amide bonds. The average molecular weight is 154 g/mol. The number of rotatable bonds is 0. The van der Waals surface area contributed by atoms with Crippen LogP contribution in [0.15, 0.2) is 24.3 Å². The average Bonchev–Trinajstić information content (AvgIpc) is 1.88. The summed E-state index contributed by atoms with van der Waals surface area (Å²) in [5.74, 6) is 0. The van der Waals surface area contributed by atoms with Crippen LogP contribution in [0.25, 0.3) is 0 Å². The summed E-state index contributed by atoms with van der Waals surface area (Å²) in [6, 6.07) is 7.15. The molecule has 0 aliphatic heterocycles. The minimum absolute atomic E-state index is 0.250. The van der Waals surface area contributed by atoms with E-state index in [2.05, 4.69) is 0 Å². The molecular formula is C7H10N2O2. The lowest BCUT2D eigenvalue weighted by atomic mass is 10.3. The number of benzene rings is 1. The van der Waals surface area contributed by atoms with Gasteiger partial charge < -0.3 is 16.6 Å². The number of nitrogen functional groups attached to an aromatic ring is 2. The van der Waals surface area contributed by atoms with Gasteiger partial charge in [0.25, 0.3) is 6.47 Å². The van der Waals surface area contributed by atoms with E-state index >= 15 is 0 Å². The summed E-state index contributed by atoms with van der Waals surface area (Å²) in [6.45, 7) is -0.250. The zero-order valence-electron chi connectivity index (χ0n) is 5.90. The molecule has 0 heterocycles. The van der Waals surface area contributed by atoms with Crippen molar-refractivity contribution in [2.75, 3.05) is 11.5 Å². The van der Waals surface area contributed by atoms with Crippen molar-refractivity contribution in [3.8, 4) is 0 Å². The predicted molar refractivity (Wildman–Crippen MR) is 44.0 cm³/mol. The number of hydrogen-bond acceptors (Lipinski definition) is 3. The van der Waals surface area contributed by atoms with Crippen LogP contribution in [0.4, 0.5) is 11.4 Å². The highest BCUT2D eigenvalue weighted by molar-refractivity contribution is 5.50. The van der Waals surface area contributed by atoms with Gasteiger partial charge in [-0.05, 0) is 18.2 Å². The molecule has 4 heteroatoms. The van der Waals surface area contributed by atoms with Crippen molar-refractivity contribution in [3.63, 3.8) is 0 Å². The lowest BCUT2D eigenvalue weighted by Gasteiger charge is -1.91. The van der Waals surface area contributed by atoms with Gasteiger partial charge in [-0.3, -0.25) is 4.79 Å². The highest BCUT2D eigenvalue weighted by Crippen LogP contribution is 2.06. The molecule has 0 unspecified atom stereocenters. The maximum absolute atomic E-state index is 8.36. The van der Waals surface area contributed by atoms with Crippen LogP contribution in [0.5, 0.6) is 0 Å². The molecule has 0 saturated carbocycles. The van der Waals surface area contributed by atoms with Gasteiger partial charge in [0.15, 0.2) is 0 Å². The van der Waals surface area contributed by atoms with Crippen LogP contribution >= 0.6 is 0 Å². The quantitative estimate of drug-likeness (QED) is 0.376. The third-order valence-electron chi connectivity index (χ3n) is 0.911. The fourth-order valence-corrected chi connectivity index (χ4v) is 0.559. The first kappa shape index (κ1) is 9.29. The van der Waals surface area contributed by atoms with Crippen molar-refractivity contribution < 1.29 is 9.90 Å². The van der Waals surface area contributed by atoms with E-state index in [1.165, 1.54) is 0 Å². The lowest BCUT2D eigenvalue weighted by Crippen LogP contribution is -1.87. The van der Waals surface area contributed by atoms with E-state index in [1.807, 2.05) is 6.07 Å². The first-order valence-electron chi connectivity index (χ1n) is 2.89. The van der Waals surface area contributed by atoms with Gasteiger partial charge in [0.1, 0.15) is 0 Å². The summed E-state index contributed by atoms with van der Waals surface area (Å²) in [5, 5.41) is 6.89. The first-order chi connectivity index (χ1) is 5.20. The zero-order valence-corrected chi connectivity index (χ0v) is 5.90. The Morgan fingerprint density at radius 2 is 1.64 bits per heavy atom. The first-order valence-corrected chi connectivity index (χ1v) is 2.89. The topological polar surface area (TPSA) is 89.3 Å². The molecule has 0 atom stereocenters. The Bertz CT molecular complexity index is 208. The second kappa shape index (κ2) is 5.10. The molecule has 0 aliphatic carbocycles. The van der Waals surface area contributed by atoms with Crippen molar-refractivity contribution in [1.29, 1.82) is 0 Å². The van der Waals surface area contributed by atoms with E-state index < -0.39 is 0 Å². The molecule has 0 bridgehead atoms. The molecule has 11 heavy (non-hydrogen) atoms. The molecule has 0 aliphatic rings. The van der Waals surface area contributed by atoms with Crippen LogP contribution in [0, 0.1) is 0 Å². The van der Waals surface area contributed by atoms with Crippen LogP contribution < -0.4 is 11.5 Å². The summed E-state index contributed by atoms with van der Waals surface area (Å²) < 4.78 is 0. The van der Waals surface area contributed by atoms with E-state index in [4.69, 9.17) is 21.4 Å². The standard InChI is InChI=1S/C6H8N2.CH2O2/c7-5-2-1-3-6(8)4-5;2-1-3/h1-4H,7-8H2;1H,(H,2,3). The van der Waals surface area contributed by atoms with Crippen molar-refractivity contribution in [2.45, 2.75) is 0 Å². The van der Waals surface area contributed by atoms with E-state index in [0.717, 1.165) is 0 Å². The van der Waals surface area contributed by atoms with Gasteiger partial charge in [0, 0.05) is 11.4 Å². The maximum Gasteiger partial charge on any atom is 0.290 e. The van der Waals surface area contributed by atoms with Crippen LogP contribution in [0.3, 0.4) is 0 Å². The van der Waals surface area contributed by atoms with Gasteiger partial charge in [0.05, 0.1) is 0 Å². The minimum Gasteiger partial charge on any atom is -0.483 e. The third kappa shape index (κ3) is 4.77. The highest BCUT2D eigenvalue weighted by atomic mass is 16.3. The molecule has 1 rings (SSSR count). The van der Waals surface area contributed by atoms with Crippen molar-refractivity contribution in [3.05, 3.63) is 24.3 Å². The van der Waals surface area contributed by atoms with E-state index in [1.54, 1.807) is 18.2 Å². The van der Waals surface area contributed by atoms with Crippen LogP contribution in [0.2, 0.25) is 0 Å². The Morgan fingerprint density at radius 1 is 1.27 bits per heavy atom. The van der Waals surface area contributed by atoms with Crippen LogP contribution in [0.1, 0.15) is 0 Å². The molecule has 0 aromatic heterocycles. The van der Waals surface area contributed by atoms with Gasteiger partial charge in [-0.2, -0.15) is 0 Å². The van der Waals surface area contributed by atoms with Gasteiger partial charge in [0.2, 0.25) is 0 Å². The molecule has 5 N–H and O–H groups in total. The van der Waals surface area contributed by atoms with Crippen molar-refractivity contribution in [1.82, 2.24) is 0 Å². The third-order valence-corrected chi connectivity index (χ3v) is 0.911. The number of hydrogen-bond donors (Lipinski definition) is 3. The smallest absolute Gasteiger partial charge is 0.290 e. The summed E-state index contributed by atoms with van der Waals surface area (Å²) >= 11 is 0. The largest absolute Gasteiger partial charge is 0.483 e. The zero-order chi connectivity index (χ0) is 8.69. The summed E-state index contributed by atoms with van der Waals surface area (Å²) in [7, 11) is 0. The molecule has 4 nitrogen and oxygen atoms in total. The predicted octanol–water partition coefficient (Wildman–Crippen LogP) is 0.552. The fourth-order valence-electron chi connectivity index (χ4n) is 0.559. The van der Waals surface area contributed by atoms with E-state index in [0.29, 0.717) is 11.4 Å². The second-order valence-electron chi connectivity index (χ2n) is 1.78. The monoisotopic (exact) mass is 154 g/mol. The van der Waals surface area contributed by atoms with Gasteiger partial charge in [-0.25, -0.2) is 0 Å². The molecular weight excluding hydrogens is 144 g/mol. The Morgan fingerprint density at radius 3 is 1.82 bits per heavy atom. The molecule has 0 saturated heterocycles. The van der Waals surface area contributed by atoms with E-state index in [9.17, 15) is 0 Å². The van der Waals surface area contributed by atoms with Gasteiger partial charge in [-0.15, -0.1) is 0 Å². The normalized spacial score (nSPS) is 7.64. The second-order valence-corrected chi connectivity index (χ2v) is 1.78.